The second-order valence-electron chi connectivity index (χ2n) is 4.35. The van der Waals surface area contributed by atoms with Crippen molar-refractivity contribution in [3.05, 3.63) is 35.6 Å². The highest BCUT2D eigenvalue weighted by Crippen LogP contribution is 2.08. The molecule has 0 heterocycles. The molecule has 18 heavy (non-hydrogen) atoms. The molecule has 0 aromatic heterocycles. The molecule has 102 valence electrons. The predicted octanol–water partition coefficient (Wildman–Crippen LogP) is 1.26. The third kappa shape index (κ3) is 5.57. The number of nitrogens with one attached hydrogen (secondary N) is 1. The zero-order chi connectivity index (χ0) is 13.6. The summed E-state index contributed by atoms with van der Waals surface area (Å²) < 4.78 is 38.8. The minimum absolute atomic E-state index is 0.0345. The van der Waals surface area contributed by atoms with Crippen LogP contribution >= 0.6 is 0 Å². The number of rotatable bonds is 7. The molecule has 1 aromatic rings. The summed E-state index contributed by atoms with van der Waals surface area (Å²) in [5.74, 6) is -0.620. The maximum absolute atomic E-state index is 12.9. The summed E-state index contributed by atoms with van der Waals surface area (Å²) in [6.07, 6.45) is 0.544. The summed E-state index contributed by atoms with van der Waals surface area (Å²) in [4.78, 5) is 0. The van der Waals surface area contributed by atoms with E-state index in [1.807, 2.05) is 6.92 Å². The van der Waals surface area contributed by atoms with Gasteiger partial charge in [0.15, 0.2) is 0 Å². The van der Waals surface area contributed by atoms with E-state index < -0.39 is 15.8 Å². The molecule has 6 heteroatoms. The van der Waals surface area contributed by atoms with Crippen molar-refractivity contribution >= 4 is 10.0 Å². The molecule has 0 radical (unpaired) electrons. The quantitative estimate of drug-likeness (QED) is 0.787. The first-order valence-corrected chi connectivity index (χ1v) is 7.41. The second-order valence-corrected chi connectivity index (χ2v) is 6.16. The Bertz CT molecular complexity index is 476. The first kappa shape index (κ1) is 15.1. The fraction of sp³-hybridized carbons (Fsp3) is 0.500. The van der Waals surface area contributed by atoms with Crippen LogP contribution in [0.4, 0.5) is 4.39 Å². The van der Waals surface area contributed by atoms with E-state index in [1.165, 1.54) is 18.2 Å². The van der Waals surface area contributed by atoms with Crippen LogP contribution in [0.5, 0.6) is 0 Å². The Morgan fingerprint density at radius 1 is 1.44 bits per heavy atom. The van der Waals surface area contributed by atoms with E-state index in [9.17, 15) is 12.8 Å². The van der Waals surface area contributed by atoms with E-state index in [-0.39, 0.29) is 24.8 Å². The van der Waals surface area contributed by atoms with Crippen molar-refractivity contribution in [3.8, 4) is 0 Å². The smallest absolute Gasteiger partial charge is 0.215 e. The Morgan fingerprint density at radius 2 is 2.17 bits per heavy atom. The van der Waals surface area contributed by atoms with Crippen LogP contribution in [0.2, 0.25) is 0 Å². The Labute approximate surface area is 107 Å². The highest BCUT2D eigenvalue weighted by Gasteiger charge is 2.13. The van der Waals surface area contributed by atoms with Gasteiger partial charge in [-0.3, -0.25) is 0 Å². The fourth-order valence-corrected chi connectivity index (χ4v) is 2.75. The molecule has 0 saturated heterocycles. The standard InChI is InChI=1S/C12H18FNO3S/c1-10(5-6-15)8-14-18(16,17)9-11-3-2-4-12(13)7-11/h2-4,7,10,14-15H,5-6,8-9H2,1H3. The maximum Gasteiger partial charge on any atom is 0.215 e. The molecule has 1 aromatic carbocycles. The molecular formula is C12H18FNO3S. The van der Waals surface area contributed by atoms with Gasteiger partial charge in [-0.15, -0.1) is 0 Å². The molecule has 0 amide bonds. The van der Waals surface area contributed by atoms with Crippen LogP contribution in [0.25, 0.3) is 0 Å². The number of hydrogen-bond donors (Lipinski definition) is 2. The Morgan fingerprint density at radius 3 is 2.78 bits per heavy atom. The lowest BCUT2D eigenvalue weighted by Gasteiger charge is -2.11. The molecular weight excluding hydrogens is 257 g/mol. The SMILES string of the molecule is CC(CCO)CNS(=O)(=O)Cc1cccc(F)c1. The van der Waals surface area contributed by atoms with Gasteiger partial charge in [0, 0.05) is 13.2 Å². The lowest BCUT2D eigenvalue weighted by Crippen LogP contribution is -2.29. The van der Waals surface area contributed by atoms with Crippen LogP contribution in [-0.2, 0) is 15.8 Å². The third-order valence-corrected chi connectivity index (χ3v) is 3.84. The molecule has 0 spiro atoms. The van der Waals surface area contributed by atoms with Crippen molar-refractivity contribution in [2.24, 2.45) is 5.92 Å². The van der Waals surface area contributed by atoms with E-state index in [4.69, 9.17) is 5.11 Å². The summed E-state index contributed by atoms with van der Waals surface area (Å²) in [6.45, 7) is 2.16. The molecule has 0 fully saturated rings. The summed E-state index contributed by atoms with van der Waals surface area (Å²) in [5, 5.41) is 8.71. The normalized spacial score (nSPS) is 13.5. The van der Waals surface area contributed by atoms with Crippen molar-refractivity contribution in [1.29, 1.82) is 0 Å². The second kappa shape index (κ2) is 6.82. The van der Waals surface area contributed by atoms with Gasteiger partial charge in [0.1, 0.15) is 5.82 Å². The molecule has 0 aliphatic rings. The molecule has 4 nitrogen and oxygen atoms in total. The fourth-order valence-electron chi connectivity index (χ4n) is 1.49. The number of aliphatic hydroxyl groups is 1. The number of hydrogen-bond acceptors (Lipinski definition) is 3. The van der Waals surface area contributed by atoms with E-state index in [2.05, 4.69) is 4.72 Å². The van der Waals surface area contributed by atoms with Crippen molar-refractivity contribution < 1.29 is 17.9 Å². The van der Waals surface area contributed by atoms with Crippen LogP contribution in [-0.4, -0.2) is 26.7 Å². The van der Waals surface area contributed by atoms with Gasteiger partial charge in [-0.2, -0.15) is 0 Å². The van der Waals surface area contributed by atoms with Gasteiger partial charge in [0.05, 0.1) is 5.75 Å². The first-order valence-electron chi connectivity index (χ1n) is 5.75. The topological polar surface area (TPSA) is 66.4 Å². The Hall–Kier alpha value is -0.980. The van der Waals surface area contributed by atoms with Crippen LogP contribution in [0.3, 0.4) is 0 Å². The minimum Gasteiger partial charge on any atom is -0.396 e. The van der Waals surface area contributed by atoms with E-state index in [1.54, 1.807) is 6.07 Å². The minimum atomic E-state index is -3.46. The van der Waals surface area contributed by atoms with E-state index in [0.29, 0.717) is 12.0 Å². The average Bonchev–Trinajstić information content (AvgIpc) is 2.26. The van der Waals surface area contributed by atoms with Gasteiger partial charge in [0.25, 0.3) is 0 Å². The molecule has 1 rings (SSSR count). The van der Waals surface area contributed by atoms with Gasteiger partial charge >= 0.3 is 0 Å². The number of halogens is 1. The van der Waals surface area contributed by atoms with Crippen molar-refractivity contribution in [1.82, 2.24) is 4.72 Å². The van der Waals surface area contributed by atoms with Crippen molar-refractivity contribution in [2.75, 3.05) is 13.2 Å². The molecule has 0 aliphatic carbocycles. The van der Waals surface area contributed by atoms with Gasteiger partial charge in [-0.25, -0.2) is 17.5 Å². The molecule has 0 saturated carbocycles. The van der Waals surface area contributed by atoms with Gasteiger partial charge in [-0.05, 0) is 30.0 Å². The Kier molecular flexibility index (Phi) is 5.71. The van der Waals surface area contributed by atoms with Crippen molar-refractivity contribution in [3.63, 3.8) is 0 Å². The zero-order valence-corrected chi connectivity index (χ0v) is 11.1. The summed E-state index contributed by atoms with van der Waals surface area (Å²) >= 11 is 0. The Balaban J connectivity index is 2.54. The van der Waals surface area contributed by atoms with Crippen LogP contribution in [0, 0.1) is 11.7 Å². The molecule has 0 bridgehead atoms. The monoisotopic (exact) mass is 275 g/mol. The molecule has 0 aliphatic heterocycles. The number of aliphatic hydroxyl groups excluding tert-OH is 1. The van der Waals surface area contributed by atoms with Crippen LogP contribution in [0.15, 0.2) is 24.3 Å². The summed E-state index contributed by atoms with van der Waals surface area (Å²) in [5.41, 5.74) is 0.414. The third-order valence-electron chi connectivity index (χ3n) is 2.52. The highest BCUT2D eigenvalue weighted by molar-refractivity contribution is 7.88. The maximum atomic E-state index is 12.9. The molecule has 1 unspecified atom stereocenters. The first-order chi connectivity index (χ1) is 8.43. The highest BCUT2D eigenvalue weighted by atomic mass is 32.2. The number of sulfonamides is 1. The van der Waals surface area contributed by atoms with Crippen LogP contribution < -0.4 is 4.72 Å². The van der Waals surface area contributed by atoms with Crippen LogP contribution in [0.1, 0.15) is 18.9 Å². The van der Waals surface area contributed by atoms with Gasteiger partial charge < -0.3 is 5.11 Å². The summed E-state index contributed by atoms with van der Waals surface area (Å²) in [6, 6.07) is 5.53. The van der Waals surface area contributed by atoms with Gasteiger partial charge in [-0.1, -0.05) is 19.1 Å². The van der Waals surface area contributed by atoms with E-state index >= 15 is 0 Å². The van der Waals surface area contributed by atoms with Crippen molar-refractivity contribution in [2.45, 2.75) is 19.1 Å². The van der Waals surface area contributed by atoms with Gasteiger partial charge in [0.2, 0.25) is 10.0 Å². The average molecular weight is 275 g/mol. The summed E-state index contributed by atoms with van der Waals surface area (Å²) in [7, 11) is -3.46. The lowest BCUT2D eigenvalue weighted by molar-refractivity contribution is 0.263. The lowest BCUT2D eigenvalue weighted by atomic mass is 10.1. The number of benzene rings is 1. The molecule has 2 N–H and O–H groups in total. The van der Waals surface area contributed by atoms with E-state index in [0.717, 1.165) is 0 Å². The molecule has 1 atom stereocenters. The predicted molar refractivity (Wildman–Crippen MR) is 67.9 cm³/mol. The largest absolute Gasteiger partial charge is 0.396 e. The zero-order valence-electron chi connectivity index (χ0n) is 10.3.